The third-order valence-electron chi connectivity index (χ3n) is 4.46. The zero-order valence-electron chi connectivity index (χ0n) is 15.8. The topological polar surface area (TPSA) is 118 Å². The number of morpholine rings is 1. The van der Waals surface area contributed by atoms with Crippen molar-refractivity contribution in [3.63, 3.8) is 0 Å². The van der Waals surface area contributed by atoms with Crippen LogP contribution in [0.4, 0.5) is 17.6 Å². The Hall–Kier alpha value is -3.52. The van der Waals surface area contributed by atoms with Crippen LogP contribution in [0.2, 0.25) is 0 Å². The van der Waals surface area contributed by atoms with E-state index in [-0.39, 0.29) is 12.2 Å². The second-order valence-corrected chi connectivity index (χ2v) is 6.29. The van der Waals surface area contributed by atoms with E-state index < -0.39 is 0 Å². The Morgan fingerprint density at radius 1 is 1.28 bits per heavy atom. The van der Waals surface area contributed by atoms with Crippen molar-refractivity contribution >= 4 is 17.6 Å². The number of nitriles is 1. The molecule has 1 fully saturated rings. The fraction of sp³-hybridized carbons (Fsp3) is 0.263. The third kappa shape index (κ3) is 3.88. The molecule has 2 N–H and O–H groups in total. The van der Waals surface area contributed by atoms with Crippen LogP contribution < -0.4 is 10.7 Å². The Bertz CT molecular complexity index is 999. The minimum atomic E-state index is -0.352. The number of nitrogens with two attached hydrogens (primary N) is 1. The van der Waals surface area contributed by atoms with Gasteiger partial charge in [-0.2, -0.15) is 14.9 Å². The van der Waals surface area contributed by atoms with E-state index in [0.717, 1.165) is 5.69 Å². The van der Waals surface area contributed by atoms with Gasteiger partial charge in [0.2, 0.25) is 5.95 Å². The monoisotopic (exact) mass is 392 g/mol. The van der Waals surface area contributed by atoms with E-state index in [9.17, 15) is 0 Å². The summed E-state index contributed by atoms with van der Waals surface area (Å²) >= 11 is 0. The summed E-state index contributed by atoms with van der Waals surface area (Å²) in [6.45, 7) is 1.66. The minimum Gasteiger partial charge on any atom is -0.368 e. The number of hydrogen-bond acceptors (Lipinski definition) is 9. The maximum absolute atomic E-state index is 8.96. The minimum absolute atomic E-state index is 0.190. The number of para-hydroxylation sites is 1. The molecule has 3 aromatic rings. The van der Waals surface area contributed by atoms with Crippen LogP contribution in [-0.2, 0) is 9.47 Å². The molecule has 0 bridgehead atoms. The smallest absolute Gasteiger partial charge is 0.266 e. The lowest BCUT2D eigenvalue weighted by molar-refractivity contribution is -0.164. The summed E-state index contributed by atoms with van der Waals surface area (Å²) in [7, 11) is 1.61. The lowest BCUT2D eigenvalue weighted by Crippen LogP contribution is -2.51. The highest BCUT2D eigenvalue weighted by atomic mass is 16.7. The van der Waals surface area contributed by atoms with Gasteiger partial charge in [0.1, 0.15) is 6.07 Å². The molecule has 1 unspecified atom stereocenters. The fourth-order valence-corrected chi connectivity index (χ4v) is 3.05. The van der Waals surface area contributed by atoms with E-state index in [4.69, 9.17) is 20.5 Å². The summed E-state index contributed by atoms with van der Waals surface area (Å²) in [4.78, 5) is 8.71. The van der Waals surface area contributed by atoms with Crippen LogP contribution in [0.3, 0.4) is 0 Å². The van der Waals surface area contributed by atoms with E-state index in [1.165, 1.54) is 10.9 Å². The molecule has 4 rings (SSSR count). The predicted octanol–water partition coefficient (Wildman–Crippen LogP) is 1.47. The zero-order chi connectivity index (χ0) is 20.2. The maximum atomic E-state index is 8.96. The quantitative estimate of drug-likeness (QED) is 0.688. The second-order valence-electron chi connectivity index (χ2n) is 6.29. The summed E-state index contributed by atoms with van der Waals surface area (Å²) in [6, 6.07) is 15.1. The van der Waals surface area contributed by atoms with Gasteiger partial charge in [-0.15, -0.1) is 5.10 Å². The lowest BCUT2D eigenvalue weighted by atomic mass is 10.3. The molecule has 10 heteroatoms. The number of methoxy groups -OCH3 is 1. The molecule has 148 valence electrons. The highest BCUT2D eigenvalue weighted by molar-refractivity contribution is 5.57. The van der Waals surface area contributed by atoms with Gasteiger partial charge in [0.15, 0.2) is 12.1 Å². The van der Waals surface area contributed by atoms with Gasteiger partial charge < -0.3 is 15.2 Å². The summed E-state index contributed by atoms with van der Waals surface area (Å²) in [6.07, 6.45) is 1.12. The van der Waals surface area contributed by atoms with Gasteiger partial charge in [-0.1, -0.05) is 18.2 Å². The van der Waals surface area contributed by atoms with Crippen molar-refractivity contribution < 1.29 is 9.47 Å². The van der Waals surface area contributed by atoms with Crippen LogP contribution in [0, 0.1) is 11.3 Å². The van der Waals surface area contributed by atoms with Gasteiger partial charge >= 0.3 is 0 Å². The Kier molecular flexibility index (Phi) is 5.35. The fourth-order valence-electron chi connectivity index (χ4n) is 3.05. The number of aromatic nitrogens is 4. The van der Waals surface area contributed by atoms with E-state index in [1.807, 2.05) is 41.4 Å². The summed E-state index contributed by atoms with van der Waals surface area (Å²) < 4.78 is 12.4. The Morgan fingerprint density at radius 2 is 2.10 bits per heavy atom. The van der Waals surface area contributed by atoms with Crippen LogP contribution in [0.15, 0.2) is 48.7 Å². The third-order valence-corrected chi connectivity index (χ3v) is 4.46. The Balaban J connectivity index is 1.72. The molecule has 1 atom stereocenters. The summed E-state index contributed by atoms with van der Waals surface area (Å²) in [5.74, 6) is 1.07. The average molecular weight is 392 g/mol. The molecule has 0 aliphatic carbocycles. The number of anilines is 3. The van der Waals surface area contributed by atoms with Crippen molar-refractivity contribution in [2.75, 3.05) is 37.5 Å². The number of ether oxygens (including phenoxy) is 2. The molecule has 0 radical (unpaired) electrons. The van der Waals surface area contributed by atoms with E-state index in [2.05, 4.69) is 20.1 Å². The molecule has 29 heavy (non-hydrogen) atoms. The number of pyridine rings is 1. The number of nitrogens with zero attached hydrogens (tertiary/aromatic N) is 7. The molecule has 0 amide bonds. The van der Waals surface area contributed by atoms with Gasteiger partial charge in [0, 0.05) is 19.9 Å². The van der Waals surface area contributed by atoms with E-state index in [0.29, 0.717) is 37.0 Å². The zero-order valence-corrected chi connectivity index (χ0v) is 15.8. The molecule has 1 saturated heterocycles. The van der Waals surface area contributed by atoms with Gasteiger partial charge in [-0.25, -0.2) is 15.0 Å². The van der Waals surface area contributed by atoms with Crippen LogP contribution in [0.25, 0.3) is 5.82 Å². The number of rotatable bonds is 5. The number of hydrogen-bond donors (Lipinski definition) is 1. The predicted molar refractivity (Wildman–Crippen MR) is 105 cm³/mol. The van der Waals surface area contributed by atoms with Gasteiger partial charge in [-0.05, 0) is 24.3 Å². The highest BCUT2D eigenvalue weighted by Crippen LogP contribution is 2.27. The van der Waals surface area contributed by atoms with Crippen molar-refractivity contribution in [2.24, 2.45) is 0 Å². The second kappa shape index (κ2) is 8.24. The molecule has 1 aromatic carbocycles. The molecule has 10 nitrogen and oxygen atoms in total. The van der Waals surface area contributed by atoms with E-state index >= 15 is 0 Å². The standard InChI is InChI=1S/C19H20N8O2/c1-28-17-13-25(9-10-29-17)27(15-5-3-2-4-6-15)19-23-18(21)26(24-19)16-8-7-14(11-20)12-22-16/h2-8,12,17H,9-10,13H2,1H3,(H2,21,23,24). The number of benzene rings is 1. The molecule has 2 aromatic heterocycles. The first-order chi connectivity index (χ1) is 14.2. The maximum Gasteiger partial charge on any atom is 0.266 e. The molecular weight excluding hydrogens is 372 g/mol. The lowest BCUT2D eigenvalue weighted by Gasteiger charge is -2.39. The normalized spacial score (nSPS) is 17.0. The van der Waals surface area contributed by atoms with Crippen LogP contribution in [-0.4, -0.2) is 57.9 Å². The summed E-state index contributed by atoms with van der Waals surface area (Å²) in [5.41, 5.74) is 7.47. The molecule has 1 aliphatic heterocycles. The van der Waals surface area contributed by atoms with Crippen molar-refractivity contribution in [3.8, 4) is 11.9 Å². The van der Waals surface area contributed by atoms with Gasteiger partial charge in [0.05, 0.1) is 24.4 Å². The van der Waals surface area contributed by atoms with Crippen molar-refractivity contribution in [2.45, 2.75) is 6.29 Å². The molecule has 3 heterocycles. The average Bonchev–Trinajstić information content (AvgIpc) is 3.16. The molecule has 1 aliphatic rings. The molecular formula is C19H20N8O2. The highest BCUT2D eigenvalue weighted by Gasteiger charge is 2.29. The van der Waals surface area contributed by atoms with Crippen LogP contribution >= 0.6 is 0 Å². The first-order valence-electron chi connectivity index (χ1n) is 9.03. The molecule has 0 saturated carbocycles. The molecule has 0 spiro atoms. The number of nitrogen functional groups attached to an aromatic ring is 1. The van der Waals surface area contributed by atoms with Crippen molar-refractivity contribution in [1.82, 2.24) is 24.8 Å². The first-order valence-corrected chi connectivity index (χ1v) is 9.03. The SMILES string of the molecule is COC1CN(N(c2ccccc2)c2nc(N)n(-c3ccc(C#N)cn3)n2)CCO1. The van der Waals surface area contributed by atoms with Crippen LogP contribution in [0.1, 0.15) is 5.56 Å². The van der Waals surface area contributed by atoms with Crippen molar-refractivity contribution in [1.29, 1.82) is 5.26 Å². The van der Waals surface area contributed by atoms with E-state index in [1.54, 1.807) is 19.2 Å². The number of hydrazine groups is 1. The van der Waals surface area contributed by atoms with Crippen molar-refractivity contribution in [3.05, 3.63) is 54.2 Å². The first kappa shape index (κ1) is 18.8. The largest absolute Gasteiger partial charge is 0.368 e. The Morgan fingerprint density at radius 3 is 2.79 bits per heavy atom. The van der Waals surface area contributed by atoms with Gasteiger partial charge in [0.25, 0.3) is 5.95 Å². The van der Waals surface area contributed by atoms with Crippen LogP contribution in [0.5, 0.6) is 0 Å². The Labute approximate surface area is 167 Å². The van der Waals surface area contributed by atoms with Gasteiger partial charge in [-0.3, -0.25) is 0 Å². The summed E-state index contributed by atoms with van der Waals surface area (Å²) in [5, 5.41) is 17.5.